The fourth-order valence-electron chi connectivity index (χ4n) is 1.97. The average molecular weight is 373 g/mol. The Morgan fingerprint density at radius 1 is 1.09 bits per heavy atom. The van der Waals surface area contributed by atoms with Gasteiger partial charge in [0.2, 0.25) is 0 Å². The smallest absolute Gasteiger partial charge is 0.405 e. The zero-order valence-electron chi connectivity index (χ0n) is 11.4. The molecular weight excluding hydrogens is 361 g/mol. The van der Waals surface area contributed by atoms with Gasteiger partial charge in [-0.15, -0.1) is 13.2 Å². The minimum Gasteiger partial charge on any atom is -0.405 e. The number of alkyl halides is 3. The van der Waals surface area contributed by atoms with Crippen molar-refractivity contribution in [2.45, 2.75) is 19.2 Å². The summed E-state index contributed by atoms with van der Waals surface area (Å²) < 4.78 is 41.6. The zero-order chi connectivity index (χ0) is 16.2. The number of rotatable bonds is 5. The third-order valence-corrected chi connectivity index (χ3v) is 3.45. The molecule has 0 fully saturated rings. The van der Waals surface area contributed by atoms with Crippen molar-refractivity contribution in [2.24, 2.45) is 0 Å². The van der Waals surface area contributed by atoms with E-state index in [1.165, 1.54) is 12.1 Å². The molecule has 0 aliphatic heterocycles. The molecule has 0 aliphatic rings. The number of hydrogen-bond donors (Lipinski definition) is 0. The van der Waals surface area contributed by atoms with Gasteiger partial charge in [-0.05, 0) is 30.2 Å². The maximum atomic E-state index is 12.4. The quantitative estimate of drug-likeness (QED) is 0.677. The molecule has 0 saturated heterocycles. The molecule has 2 aromatic rings. The van der Waals surface area contributed by atoms with E-state index in [0.717, 1.165) is 11.6 Å². The monoisotopic (exact) mass is 372 g/mol. The summed E-state index contributed by atoms with van der Waals surface area (Å²) in [6, 6.07) is 13.3. The molecule has 2 rings (SSSR count). The standard InChI is InChI=1S/C16H12BrF3O2/c17-12-7-8-13(15(10-12)22-16(18,19)20)14(21)9-6-11-4-2-1-3-5-11/h1-5,7-8,10H,6,9H2. The highest BCUT2D eigenvalue weighted by Crippen LogP contribution is 2.30. The minimum absolute atomic E-state index is 0.0727. The molecule has 0 heterocycles. The molecule has 6 heteroatoms. The van der Waals surface area contributed by atoms with Gasteiger partial charge < -0.3 is 4.74 Å². The topological polar surface area (TPSA) is 26.3 Å². The molecule has 0 aliphatic carbocycles. The van der Waals surface area contributed by atoms with Crippen LogP contribution < -0.4 is 4.74 Å². The third-order valence-electron chi connectivity index (χ3n) is 2.95. The summed E-state index contributed by atoms with van der Waals surface area (Å²) in [7, 11) is 0. The maximum absolute atomic E-state index is 12.4. The van der Waals surface area contributed by atoms with E-state index in [9.17, 15) is 18.0 Å². The van der Waals surface area contributed by atoms with Crippen LogP contribution in [0.25, 0.3) is 0 Å². The van der Waals surface area contributed by atoms with Gasteiger partial charge in [-0.25, -0.2) is 0 Å². The number of ether oxygens (including phenoxy) is 1. The number of carbonyl (C=O) groups is 1. The fraction of sp³-hybridized carbons (Fsp3) is 0.188. The van der Waals surface area contributed by atoms with Gasteiger partial charge in [0.15, 0.2) is 5.78 Å². The second-order valence-corrected chi connectivity index (χ2v) is 5.51. The lowest BCUT2D eigenvalue weighted by molar-refractivity contribution is -0.274. The highest BCUT2D eigenvalue weighted by molar-refractivity contribution is 9.10. The summed E-state index contributed by atoms with van der Waals surface area (Å²) in [4.78, 5) is 12.2. The molecule has 0 aromatic heterocycles. The normalized spacial score (nSPS) is 11.3. The predicted octanol–water partition coefficient (Wildman–Crippen LogP) is 5.16. The molecule has 0 amide bonds. The van der Waals surface area contributed by atoms with Crippen LogP contribution in [0.5, 0.6) is 5.75 Å². The summed E-state index contributed by atoms with van der Waals surface area (Å²) in [5, 5.41) is 0. The molecule has 0 unspecified atom stereocenters. The van der Waals surface area contributed by atoms with Crippen LogP contribution in [0.2, 0.25) is 0 Å². The van der Waals surface area contributed by atoms with Crippen LogP contribution in [0.15, 0.2) is 53.0 Å². The Balaban J connectivity index is 2.15. The van der Waals surface area contributed by atoms with Crippen LogP contribution in [0.1, 0.15) is 22.3 Å². The van der Waals surface area contributed by atoms with Gasteiger partial charge in [-0.2, -0.15) is 0 Å². The van der Waals surface area contributed by atoms with Gasteiger partial charge >= 0.3 is 6.36 Å². The van der Waals surface area contributed by atoms with Crippen molar-refractivity contribution in [2.75, 3.05) is 0 Å². The summed E-state index contributed by atoms with van der Waals surface area (Å²) in [6.07, 6.45) is -4.27. The van der Waals surface area contributed by atoms with Crippen LogP contribution in [0.3, 0.4) is 0 Å². The van der Waals surface area contributed by atoms with Gasteiger partial charge in [0.25, 0.3) is 0 Å². The predicted molar refractivity (Wildman–Crippen MR) is 79.9 cm³/mol. The van der Waals surface area contributed by atoms with E-state index < -0.39 is 17.9 Å². The molecule has 0 N–H and O–H groups in total. The first kappa shape index (κ1) is 16.5. The molecule has 0 bridgehead atoms. The number of carbonyl (C=O) groups excluding carboxylic acids is 1. The van der Waals surface area contributed by atoms with E-state index in [1.54, 1.807) is 0 Å². The number of aryl methyl sites for hydroxylation is 1. The molecule has 2 aromatic carbocycles. The number of hydrogen-bond acceptors (Lipinski definition) is 2. The van der Waals surface area contributed by atoms with Crippen molar-refractivity contribution in [1.82, 2.24) is 0 Å². The molecule has 0 saturated carbocycles. The van der Waals surface area contributed by atoms with Crippen molar-refractivity contribution in [3.8, 4) is 5.75 Å². The first-order valence-electron chi connectivity index (χ1n) is 6.47. The molecule has 0 atom stereocenters. The summed E-state index contributed by atoms with van der Waals surface area (Å²) >= 11 is 3.07. The SMILES string of the molecule is O=C(CCc1ccccc1)c1ccc(Br)cc1OC(F)(F)F. The van der Waals surface area contributed by atoms with Gasteiger partial charge in [-0.1, -0.05) is 46.3 Å². The Labute approximate surface area is 134 Å². The number of ketones is 1. The Kier molecular flexibility index (Phi) is 5.24. The average Bonchev–Trinajstić information content (AvgIpc) is 2.44. The summed E-state index contributed by atoms with van der Waals surface area (Å²) in [5.41, 5.74) is 0.878. The van der Waals surface area contributed by atoms with Crippen molar-refractivity contribution < 1.29 is 22.7 Å². The van der Waals surface area contributed by atoms with Crippen LogP contribution in [0.4, 0.5) is 13.2 Å². The third kappa shape index (κ3) is 4.87. The second-order valence-electron chi connectivity index (χ2n) is 4.60. The summed E-state index contributed by atoms with van der Waals surface area (Å²) in [6.45, 7) is 0. The van der Waals surface area contributed by atoms with Gasteiger partial charge in [-0.3, -0.25) is 4.79 Å². The van der Waals surface area contributed by atoms with E-state index in [4.69, 9.17) is 0 Å². The second kappa shape index (κ2) is 6.96. The molecule has 0 radical (unpaired) electrons. The first-order chi connectivity index (χ1) is 10.3. The number of halogens is 4. The number of benzene rings is 2. The molecular formula is C16H12BrF3O2. The van der Waals surface area contributed by atoms with Gasteiger partial charge in [0.05, 0.1) is 5.56 Å². The largest absolute Gasteiger partial charge is 0.573 e. The highest BCUT2D eigenvalue weighted by atomic mass is 79.9. The Hall–Kier alpha value is -1.82. The molecule has 2 nitrogen and oxygen atoms in total. The van der Waals surface area contributed by atoms with Crippen LogP contribution >= 0.6 is 15.9 Å². The maximum Gasteiger partial charge on any atom is 0.573 e. The van der Waals surface area contributed by atoms with Crippen LogP contribution in [0, 0.1) is 0 Å². The Bertz CT molecular complexity index is 654. The van der Waals surface area contributed by atoms with Crippen molar-refractivity contribution in [1.29, 1.82) is 0 Å². The van der Waals surface area contributed by atoms with Crippen molar-refractivity contribution in [3.63, 3.8) is 0 Å². The molecule has 0 spiro atoms. The lowest BCUT2D eigenvalue weighted by Gasteiger charge is -2.13. The fourth-order valence-corrected chi connectivity index (χ4v) is 2.31. The van der Waals surface area contributed by atoms with E-state index >= 15 is 0 Å². The van der Waals surface area contributed by atoms with E-state index in [-0.39, 0.29) is 12.0 Å². The minimum atomic E-state index is -4.84. The van der Waals surface area contributed by atoms with Crippen LogP contribution in [-0.2, 0) is 6.42 Å². The van der Waals surface area contributed by atoms with Crippen molar-refractivity contribution in [3.05, 3.63) is 64.1 Å². The molecule has 116 valence electrons. The van der Waals surface area contributed by atoms with E-state index in [0.29, 0.717) is 10.9 Å². The highest BCUT2D eigenvalue weighted by Gasteiger charge is 2.33. The van der Waals surface area contributed by atoms with Crippen molar-refractivity contribution >= 4 is 21.7 Å². The Morgan fingerprint density at radius 3 is 2.41 bits per heavy atom. The molecule has 22 heavy (non-hydrogen) atoms. The lowest BCUT2D eigenvalue weighted by Crippen LogP contribution is -2.19. The zero-order valence-corrected chi connectivity index (χ0v) is 12.9. The van der Waals surface area contributed by atoms with E-state index in [1.807, 2.05) is 30.3 Å². The van der Waals surface area contributed by atoms with Gasteiger partial charge in [0, 0.05) is 10.9 Å². The lowest BCUT2D eigenvalue weighted by atomic mass is 10.0. The van der Waals surface area contributed by atoms with Crippen LogP contribution in [-0.4, -0.2) is 12.1 Å². The first-order valence-corrected chi connectivity index (χ1v) is 7.27. The number of Topliss-reactive ketones (excluding diaryl/α,β-unsaturated/α-hetero) is 1. The van der Waals surface area contributed by atoms with Gasteiger partial charge in [0.1, 0.15) is 5.75 Å². The Morgan fingerprint density at radius 2 is 1.77 bits per heavy atom. The van der Waals surface area contributed by atoms with E-state index in [2.05, 4.69) is 20.7 Å². The summed E-state index contributed by atoms with van der Waals surface area (Å²) in [5.74, 6) is -0.879.